The molecule has 1 aliphatic heterocycles. The van der Waals surface area contributed by atoms with E-state index in [2.05, 4.69) is 150 Å². The summed E-state index contributed by atoms with van der Waals surface area (Å²) in [5, 5.41) is 2.79. The van der Waals surface area contributed by atoms with Crippen LogP contribution in [0.25, 0.3) is 33.5 Å². The predicted octanol–water partition coefficient (Wildman–Crippen LogP) is 10.9. The van der Waals surface area contributed by atoms with Crippen LogP contribution in [0.4, 0.5) is 0 Å². The van der Waals surface area contributed by atoms with E-state index in [1.165, 1.54) is 44.3 Å². The smallest absolute Gasteiger partial charge is 0.296 e. The highest BCUT2D eigenvalue weighted by Gasteiger charge is 2.81. The molecule has 3 heterocycles. The summed E-state index contributed by atoms with van der Waals surface area (Å²) in [7, 11) is 1.81. The van der Waals surface area contributed by atoms with E-state index in [0.29, 0.717) is 12.5 Å². The number of benzene rings is 3. The molecule has 0 amide bonds. The SMILES string of the molecule is C=Cc1ccc(CCC(=CC(OC)C(C)(C)C)OCCC2C3(CC)c4cccc5cc(C(C)(C)C)n6c7ccccc7[n+](c6c45)C23CC)cc1. The quantitative estimate of drug-likeness (QED) is 0.0976. The van der Waals surface area contributed by atoms with Crippen LogP contribution < -0.4 is 4.57 Å². The summed E-state index contributed by atoms with van der Waals surface area (Å²) in [5.41, 5.74) is 9.36. The minimum atomic E-state index is -0.0339. The second-order valence-corrected chi connectivity index (χ2v) is 16.9. The summed E-state index contributed by atoms with van der Waals surface area (Å²) in [5.74, 6) is 1.48. The zero-order valence-corrected chi connectivity index (χ0v) is 31.9. The van der Waals surface area contributed by atoms with Crippen molar-refractivity contribution >= 4 is 33.5 Å². The van der Waals surface area contributed by atoms with Crippen molar-refractivity contribution in [1.82, 2.24) is 4.40 Å². The van der Waals surface area contributed by atoms with Crippen molar-refractivity contribution in [2.75, 3.05) is 13.7 Å². The summed E-state index contributed by atoms with van der Waals surface area (Å²) in [6, 6.07) is 27.4. The number of rotatable bonds is 12. The van der Waals surface area contributed by atoms with Crippen molar-refractivity contribution in [1.29, 1.82) is 0 Å². The van der Waals surface area contributed by atoms with Gasteiger partial charge in [-0.3, -0.25) is 0 Å². The van der Waals surface area contributed by atoms with Crippen molar-refractivity contribution < 1.29 is 14.0 Å². The average molecular weight is 670 g/mol. The Morgan fingerprint density at radius 3 is 2.34 bits per heavy atom. The molecule has 0 spiro atoms. The number of fused-ring (bicyclic) bond motifs is 6. The molecule has 0 radical (unpaired) electrons. The molecule has 0 N–H and O–H groups in total. The number of allylic oxidation sites excluding steroid dienone is 1. The van der Waals surface area contributed by atoms with E-state index in [4.69, 9.17) is 9.47 Å². The van der Waals surface area contributed by atoms with Gasteiger partial charge in [-0.2, -0.15) is 4.40 Å². The van der Waals surface area contributed by atoms with Gasteiger partial charge in [0, 0.05) is 30.3 Å². The first-order valence-electron chi connectivity index (χ1n) is 18.9. The molecular weight excluding hydrogens is 613 g/mol. The molecule has 0 bridgehead atoms. The van der Waals surface area contributed by atoms with Gasteiger partial charge < -0.3 is 9.47 Å². The number of pyridine rings is 1. The van der Waals surface area contributed by atoms with Crippen LogP contribution in [0.1, 0.15) is 103 Å². The van der Waals surface area contributed by atoms with Gasteiger partial charge in [-0.15, -0.1) is 0 Å². The zero-order chi connectivity index (χ0) is 35.6. The Morgan fingerprint density at radius 2 is 1.70 bits per heavy atom. The number of aromatic nitrogens is 2. The van der Waals surface area contributed by atoms with E-state index in [1.54, 1.807) is 0 Å². The summed E-state index contributed by atoms with van der Waals surface area (Å²) in [6.45, 7) is 23.2. The molecule has 5 aromatic rings. The largest absolute Gasteiger partial charge is 0.498 e. The van der Waals surface area contributed by atoms with Crippen LogP contribution in [0.2, 0.25) is 0 Å². The lowest BCUT2D eigenvalue weighted by Crippen LogP contribution is -2.53. The Labute approximate surface area is 299 Å². The first-order chi connectivity index (χ1) is 23.9. The molecule has 2 aromatic heterocycles. The van der Waals surface area contributed by atoms with E-state index in [9.17, 15) is 0 Å². The Kier molecular flexibility index (Phi) is 8.57. The predicted molar refractivity (Wildman–Crippen MR) is 209 cm³/mol. The number of imidazole rings is 1. The molecule has 4 unspecified atom stereocenters. The van der Waals surface area contributed by atoms with Gasteiger partial charge in [0.15, 0.2) is 11.0 Å². The van der Waals surface area contributed by atoms with Gasteiger partial charge in [-0.1, -0.05) is 123 Å². The first-order valence-corrected chi connectivity index (χ1v) is 18.9. The molecule has 1 fully saturated rings. The monoisotopic (exact) mass is 669 g/mol. The van der Waals surface area contributed by atoms with E-state index >= 15 is 0 Å². The van der Waals surface area contributed by atoms with Crippen LogP contribution in [-0.4, -0.2) is 24.2 Å². The van der Waals surface area contributed by atoms with Crippen LogP contribution >= 0.6 is 0 Å². The summed E-state index contributed by atoms with van der Waals surface area (Å²) < 4.78 is 18.3. The maximum absolute atomic E-state index is 6.88. The third-order valence-corrected chi connectivity index (χ3v) is 12.3. The highest BCUT2D eigenvalue weighted by molar-refractivity contribution is 6.01. The number of para-hydroxylation sites is 2. The maximum Gasteiger partial charge on any atom is 0.296 e. The Balaban J connectivity index is 1.28. The molecule has 4 nitrogen and oxygen atoms in total. The molecule has 2 aliphatic rings. The number of nitrogens with zero attached hydrogens (tertiary/aromatic N) is 2. The second-order valence-electron chi connectivity index (χ2n) is 16.9. The molecule has 0 saturated heterocycles. The average Bonchev–Trinajstić information content (AvgIpc) is 3.54. The minimum absolute atomic E-state index is 0.0111. The van der Waals surface area contributed by atoms with Gasteiger partial charge in [0.05, 0.1) is 23.9 Å². The fourth-order valence-corrected chi connectivity index (χ4v) is 9.95. The van der Waals surface area contributed by atoms with Crippen molar-refractivity contribution in [3.8, 4) is 0 Å². The molecule has 7 rings (SSSR count). The second kappa shape index (κ2) is 12.4. The molecule has 1 aliphatic carbocycles. The lowest BCUT2D eigenvalue weighted by atomic mass is 9.80. The Morgan fingerprint density at radius 1 is 0.960 bits per heavy atom. The molecule has 4 heteroatoms. The molecule has 1 saturated carbocycles. The standard InChI is InChI=1S/C46H57N2O2/c1-11-31-21-23-32(24-22-31)25-26-34(30-40(49-10)44(7,8)9)50-28-27-38-45(12-2)35-18-16-17-33-29-39(43(4,5)6)47-36-19-14-15-20-37(36)48(42(47)41(33)35)46(38,45)13-3/h11,14-24,29-30,38,40H,1,12-13,25-28H2,2-10H3/q+1. The topological polar surface area (TPSA) is 26.8 Å². The molecular formula is C46H57N2O2+. The number of hydrogen-bond acceptors (Lipinski definition) is 2. The van der Waals surface area contributed by atoms with E-state index in [1.807, 2.05) is 13.2 Å². The highest BCUT2D eigenvalue weighted by atomic mass is 16.5. The van der Waals surface area contributed by atoms with Crippen LogP contribution in [0.15, 0.2) is 91.2 Å². The third-order valence-electron chi connectivity index (χ3n) is 12.3. The number of hydrogen-bond donors (Lipinski definition) is 0. The summed E-state index contributed by atoms with van der Waals surface area (Å²) in [6.07, 6.45) is 9.04. The van der Waals surface area contributed by atoms with Gasteiger partial charge in [-0.05, 0) is 77.4 Å². The highest BCUT2D eigenvalue weighted by Crippen LogP contribution is 2.73. The van der Waals surface area contributed by atoms with Gasteiger partial charge in [0.1, 0.15) is 11.2 Å². The van der Waals surface area contributed by atoms with Gasteiger partial charge >= 0.3 is 0 Å². The third kappa shape index (κ3) is 5.07. The van der Waals surface area contributed by atoms with Crippen LogP contribution in [0, 0.1) is 11.3 Å². The lowest BCUT2D eigenvalue weighted by molar-refractivity contribution is -0.700. The van der Waals surface area contributed by atoms with E-state index in [-0.39, 0.29) is 27.9 Å². The Bertz CT molecular complexity index is 2100. The molecule has 262 valence electrons. The van der Waals surface area contributed by atoms with E-state index < -0.39 is 0 Å². The number of methoxy groups -OCH3 is 1. The molecule has 50 heavy (non-hydrogen) atoms. The van der Waals surface area contributed by atoms with Gasteiger partial charge in [0.25, 0.3) is 5.65 Å². The van der Waals surface area contributed by atoms with Crippen LogP contribution in [0.3, 0.4) is 0 Å². The van der Waals surface area contributed by atoms with Crippen LogP contribution in [0.5, 0.6) is 0 Å². The minimum Gasteiger partial charge on any atom is -0.498 e. The summed E-state index contributed by atoms with van der Waals surface area (Å²) in [4.78, 5) is 0. The fraction of sp³-hybridized carbons (Fsp3) is 0.457. The zero-order valence-electron chi connectivity index (χ0n) is 31.9. The van der Waals surface area contributed by atoms with Crippen molar-refractivity contribution in [2.45, 2.75) is 110 Å². The van der Waals surface area contributed by atoms with Gasteiger partial charge in [-0.25, -0.2) is 4.57 Å². The van der Waals surface area contributed by atoms with Crippen molar-refractivity contribution in [3.05, 3.63) is 114 Å². The lowest BCUT2D eigenvalue weighted by Gasteiger charge is -2.29. The molecule has 3 aromatic carbocycles. The fourth-order valence-electron chi connectivity index (χ4n) is 9.95. The normalized spacial score (nSPS) is 22.3. The summed E-state index contributed by atoms with van der Waals surface area (Å²) >= 11 is 0. The maximum atomic E-state index is 6.88. The van der Waals surface area contributed by atoms with Crippen molar-refractivity contribution in [2.24, 2.45) is 11.3 Å². The van der Waals surface area contributed by atoms with E-state index in [0.717, 1.165) is 43.4 Å². The van der Waals surface area contributed by atoms with Crippen molar-refractivity contribution in [3.63, 3.8) is 0 Å². The van der Waals surface area contributed by atoms with Crippen LogP contribution in [-0.2, 0) is 32.3 Å². The Hall–Kier alpha value is -3.89. The first kappa shape index (κ1) is 34.6. The molecule has 4 atom stereocenters. The number of aryl methyl sites for hydroxylation is 1. The number of ether oxygens (including phenoxy) is 2. The van der Waals surface area contributed by atoms with Gasteiger partial charge in [0.2, 0.25) is 0 Å².